The number of rotatable bonds is 4. The largest absolute Gasteiger partial charge is 0.346 e. The molecule has 1 rings (SSSR count). The van der Waals surface area contributed by atoms with E-state index in [4.69, 9.17) is 4.89 Å². The first-order valence-corrected chi connectivity index (χ1v) is 6.48. The first kappa shape index (κ1) is 11.5. The van der Waals surface area contributed by atoms with E-state index in [1.807, 2.05) is 31.2 Å². The quantitative estimate of drug-likeness (QED) is 0.779. The van der Waals surface area contributed by atoms with Crippen molar-refractivity contribution in [3.63, 3.8) is 0 Å². The summed E-state index contributed by atoms with van der Waals surface area (Å²) in [4.78, 5) is 8.92. The van der Waals surface area contributed by atoms with E-state index in [2.05, 4.69) is 6.92 Å². The Labute approximate surface area is 85.8 Å². The molecule has 0 aromatic heterocycles. The van der Waals surface area contributed by atoms with Crippen LogP contribution in [0.3, 0.4) is 0 Å². The van der Waals surface area contributed by atoms with Gasteiger partial charge in [-0.2, -0.15) is 0 Å². The molecule has 2 atom stereocenters. The first-order chi connectivity index (χ1) is 6.63. The normalized spacial score (nSPS) is 15.1. The van der Waals surface area contributed by atoms with E-state index in [0.29, 0.717) is 6.16 Å². The third-order valence-corrected chi connectivity index (χ3v) is 3.30. The minimum absolute atomic E-state index is 0.229. The Bertz CT molecular complexity index is 306. The molecule has 0 spiro atoms. The van der Waals surface area contributed by atoms with Crippen LogP contribution in [-0.4, -0.2) is 11.1 Å². The summed E-state index contributed by atoms with van der Waals surface area (Å²) in [6.45, 7) is 4.09. The van der Waals surface area contributed by atoms with Gasteiger partial charge in [0.1, 0.15) is 0 Å². The van der Waals surface area contributed by atoms with Gasteiger partial charge >= 0.3 is 0 Å². The Balaban J connectivity index is 2.78. The maximum Gasteiger partial charge on any atom is 0.189 e. The molecule has 0 saturated heterocycles. The molecule has 1 aromatic carbocycles. The fraction of sp³-hybridized carbons (Fsp3) is 0.455. The maximum atomic E-state index is 10.8. The van der Waals surface area contributed by atoms with Crippen LogP contribution in [0.1, 0.15) is 30.4 Å². The highest BCUT2D eigenvalue weighted by molar-refractivity contribution is 7.38. The van der Waals surface area contributed by atoms with E-state index in [0.717, 1.165) is 6.42 Å². The van der Waals surface area contributed by atoms with Gasteiger partial charge in [-0.1, -0.05) is 36.8 Å². The summed E-state index contributed by atoms with van der Waals surface area (Å²) in [5.74, 6) is 0.229. The second kappa shape index (κ2) is 5.33. The molecule has 0 aliphatic carbocycles. The van der Waals surface area contributed by atoms with Crippen LogP contribution in [-0.2, 0) is 4.57 Å². The topological polar surface area (TPSA) is 37.3 Å². The van der Waals surface area contributed by atoms with Gasteiger partial charge in [-0.05, 0) is 24.8 Å². The molecular formula is C11H17O2P. The zero-order valence-corrected chi connectivity index (χ0v) is 9.66. The Hall–Kier alpha value is -0.590. The fourth-order valence-corrected chi connectivity index (χ4v) is 2.49. The lowest BCUT2D eigenvalue weighted by Gasteiger charge is -2.13. The van der Waals surface area contributed by atoms with E-state index in [1.54, 1.807) is 0 Å². The van der Waals surface area contributed by atoms with Crippen LogP contribution < -0.4 is 0 Å². The summed E-state index contributed by atoms with van der Waals surface area (Å²) in [5.41, 5.74) is 2.39. The highest BCUT2D eigenvalue weighted by atomic mass is 31.1. The maximum absolute atomic E-state index is 10.8. The summed E-state index contributed by atoms with van der Waals surface area (Å²) >= 11 is 0. The lowest BCUT2D eigenvalue weighted by Crippen LogP contribution is -2.00. The minimum Gasteiger partial charge on any atom is -0.346 e. The Morgan fingerprint density at radius 3 is 2.36 bits per heavy atom. The van der Waals surface area contributed by atoms with E-state index in [-0.39, 0.29) is 5.92 Å². The van der Waals surface area contributed by atoms with Crippen LogP contribution in [0.4, 0.5) is 0 Å². The van der Waals surface area contributed by atoms with Gasteiger partial charge in [-0.25, -0.2) is 0 Å². The molecule has 0 saturated carbocycles. The van der Waals surface area contributed by atoms with Crippen LogP contribution in [0.15, 0.2) is 24.3 Å². The summed E-state index contributed by atoms with van der Waals surface area (Å²) in [7, 11) is -2.35. The van der Waals surface area contributed by atoms with Gasteiger partial charge in [-0.3, -0.25) is 4.57 Å². The SMILES string of the molecule is CCC(C[PH](=O)O)c1ccc(C)cc1. The van der Waals surface area contributed by atoms with Gasteiger partial charge in [0.05, 0.1) is 0 Å². The number of aryl methyl sites for hydroxylation is 1. The second-order valence-electron chi connectivity index (χ2n) is 3.61. The van der Waals surface area contributed by atoms with Crippen LogP contribution in [0.5, 0.6) is 0 Å². The van der Waals surface area contributed by atoms with Crippen molar-refractivity contribution >= 4 is 8.03 Å². The average molecular weight is 212 g/mol. The fourth-order valence-electron chi connectivity index (χ4n) is 1.55. The van der Waals surface area contributed by atoms with Gasteiger partial charge < -0.3 is 4.89 Å². The van der Waals surface area contributed by atoms with Crippen molar-refractivity contribution < 1.29 is 9.46 Å². The van der Waals surface area contributed by atoms with Crippen molar-refractivity contribution in [1.29, 1.82) is 0 Å². The second-order valence-corrected chi connectivity index (χ2v) is 4.81. The summed E-state index contributed by atoms with van der Waals surface area (Å²) < 4.78 is 10.8. The Morgan fingerprint density at radius 2 is 1.93 bits per heavy atom. The van der Waals surface area contributed by atoms with Crippen molar-refractivity contribution in [3.05, 3.63) is 35.4 Å². The van der Waals surface area contributed by atoms with Gasteiger partial charge in [0.2, 0.25) is 0 Å². The highest BCUT2D eigenvalue weighted by Crippen LogP contribution is 2.28. The molecular weight excluding hydrogens is 195 g/mol. The molecule has 0 bridgehead atoms. The number of hydrogen-bond donors (Lipinski definition) is 1. The predicted octanol–water partition coefficient (Wildman–Crippen LogP) is 2.96. The molecule has 0 amide bonds. The van der Waals surface area contributed by atoms with E-state index >= 15 is 0 Å². The predicted molar refractivity (Wildman–Crippen MR) is 60.3 cm³/mol. The van der Waals surface area contributed by atoms with Gasteiger partial charge in [-0.15, -0.1) is 0 Å². The van der Waals surface area contributed by atoms with Crippen LogP contribution in [0.2, 0.25) is 0 Å². The van der Waals surface area contributed by atoms with Crippen molar-refractivity contribution in [1.82, 2.24) is 0 Å². The first-order valence-electron chi connectivity index (χ1n) is 4.91. The highest BCUT2D eigenvalue weighted by Gasteiger charge is 2.11. The van der Waals surface area contributed by atoms with E-state index in [9.17, 15) is 4.57 Å². The lowest BCUT2D eigenvalue weighted by molar-refractivity contribution is 0.496. The number of hydrogen-bond acceptors (Lipinski definition) is 1. The zero-order valence-electron chi connectivity index (χ0n) is 8.66. The molecule has 1 aromatic rings. The number of benzene rings is 1. The van der Waals surface area contributed by atoms with Crippen LogP contribution in [0.25, 0.3) is 0 Å². The molecule has 2 nitrogen and oxygen atoms in total. The van der Waals surface area contributed by atoms with Gasteiger partial charge in [0, 0.05) is 6.16 Å². The third-order valence-electron chi connectivity index (χ3n) is 2.46. The molecule has 14 heavy (non-hydrogen) atoms. The van der Waals surface area contributed by atoms with E-state index in [1.165, 1.54) is 11.1 Å². The van der Waals surface area contributed by atoms with Crippen molar-refractivity contribution in [2.45, 2.75) is 26.2 Å². The van der Waals surface area contributed by atoms with Crippen molar-refractivity contribution in [2.75, 3.05) is 6.16 Å². The standard InChI is InChI=1S/C11H17O2P/c1-3-10(8-14(12)13)11-6-4-9(2)5-7-11/h4-7,10,14H,3,8H2,1-2H3,(H,12,13). The van der Waals surface area contributed by atoms with E-state index < -0.39 is 8.03 Å². The molecule has 0 aliphatic heterocycles. The van der Waals surface area contributed by atoms with Crippen LogP contribution in [0, 0.1) is 6.92 Å². The van der Waals surface area contributed by atoms with Gasteiger partial charge in [0.25, 0.3) is 0 Å². The third kappa shape index (κ3) is 3.28. The Kier molecular flexibility index (Phi) is 4.37. The molecule has 2 unspecified atom stereocenters. The average Bonchev–Trinajstić information content (AvgIpc) is 2.15. The van der Waals surface area contributed by atoms with Crippen LogP contribution >= 0.6 is 8.03 Å². The molecule has 0 aliphatic rings. The molecule has 0 heterocycles. The van der Waals surface area contributed by atoms with Crippen molar-refractivity contribution in [2.24, 2.45) is 0 Å². The molecule has 0 fully saturated rings. The molecule has 0 radical (unpaired) electrons. The molecule has 78 valence electrons. The molecule has 1 N–H and O–H groups in total. The zero-order chi connectivity index (χ0) is 10.6. The van der Waals surface area contributed by atoms with Gasteiger partial charge in [0.15, 0.2) is 8.03 Å². The summed E-state index contributed by atoms with van der Waals surface area (Å²) in [6, 6.07) is 8.20. The molecule has 3 heteroatoms. The summed E-state index contributed by atoms with van der Waals surface area (Å²) in [6.07, 6.45) is 1.32. The monoisotopic (exact) mass is 212 g/mol. The smallest absolute Gasteiger partial charge is 0.189 e. The minimum atomic E-state index is -2.35. The Morgan fingerprint density at radius 1 is 1.36 bits per heavy atom. The lowest BCUT2D eigenvalue weighted by atomic mass is 9.98. The summed E-state index contributed by atoms with van der Waals surface area (Å²) in [5, 5.41) is 0. The van der Waals surface area contributed by atoms with Crippen molar-refractivity contribution in [3.8, 4) is 0 Å².